The minimum Gasteiger partial charge on any atom is -0.492 e. The second-order valence-corrected chi connectivity index (χ2v) is 8.74. The molecule has 2 heterocycles. The van der Waals surface area contributed by atoms with Gasteiger partial charge in [-0.3, -0.25) is 4.90 Å². The monoisotopic (exact) mass is 460 g/mol. The molecule has 0 amide bonds. The summed E-state index contributed by atoms with van der Waals surface area (Å²) in [5.74, 6) is 0.541. The van der Waals surface area contributed by atoms with Crippen LogP contribution in [0.3, 0.4) is 0 Å². The van der Waals surface area contributed by atoms with E-state index in [-0.39, 0.29) is 5.56 Å². The zero-order valence-corrected chi connectivity index (χ0v) is 19.9. The second kappa shape index (κ2) is 11.1. The van der Waals surface area contributed by atoms with Crippen LogP contribution in [0.5, 0.6) is 5.75 Å². The van der Waals surface area contributed by atoms with Crippen LogP contribution in [0.15, 0.2) is 54.7 Å². The largest absolute Gasteiger partial charge is 0.492 e. The minimum absolute atomic E-state index is 0.182. The molecule has 1 saturated heterocycles. The van der Waals surface area contributed by atoms with E-state index in [0.717, 1.165) is 50.5 Å². The summed E-state index contributed by atoms with van der Waals surface area (Å²) in [7, 11) is 0. The fraction of sp³-hybridized carbons (Fsp3) is 0.370. The van der Waals surface area contributed by atoms with Crippen molar-refractivity contribution in [2.45, 2.75) is 26.7 Å². The number of hydrogen-bond donors (Lipinski definition) is 1. The average Bonchev–Trinajstić information content (AvgIpc) is 2.86. The molecule has 0 unspecified atom stereocenters. The predicted octanol–water partition coefficient (Wildman–Crippen LogP) is 3.78. The number of anilines is 1. The molecule has 0 radical (unpaired) electrons. The quantitative estimate of drug-likeness (QED) is 0.521. The number of benzene rings is 2. The van der Waals surface area contributed by atoms with Crippen LogP contribution in [0.2, 0.25) is 0 Å². The number of aromatic carboxylic acids is 1. The summed E-state index contributed by atoms with van der Waals surface area (Å²) in [6.45, 7) is 9.09. The van der Waals surface area contributed by atoms with Crippen LogP contribution in [-0.2, 0) is 12.8 Å². The maximum Gasteiger partial charge on any atom is 0.339 e. The van der Waals surface area contributed by atoms with Gasteiger partial charge in [-0.15, -0.1) is 0 Å². The van der Waals surface area contributed by atoms with Crippen molar-refractivity contribution in [3.8, 4) is 5.75 Å². The Kier molecular flexibility index (Phi) is 7.75. The van der Waals surface area contributed by atoms with Crippen LogP contribution >= 0.6 is 0 Å². The Labute approximate surface area is 201 Å². The van der Waals surface area contributed by atoms with Gasteiger partial charge in [0.25, 0.3) is 0 Å². The van der Waals surface area contributed by atoms with E-state index in [4.69, 9.17) is 4.74 Å². The van der Waals surface area contributed by atoms with E-state index in [9.17, 15) is 9.90 Å². The molecule has 3 aromatic rings. The number of piperazine rings is 1. The van der Waals surface area contributed by atoms with Gasteiger partial charge < -0.3 is 14.7 Å². The van der Waals surface area contributed by atoms with E-state index in [1.807, 2.05) is 36.4 Å². The topological polar surface area (TPSA) is 78.8 Å². The van der Waals surface area contributed by atoms with Crippen LogP contribution in [0.1, 0.15) is 32.7 Å². The molecule has 1 aliphatic rings. The van der Waals surface area contributed by atoms with E-state index in [1.165, 1.54) is 17.3 Å². The normalized spacial score (nSPS) is 14.2. The Balaban J connectivity index is 1.31. The van der Waals surface area contributed by atoms with Crippen molar-refractivity contribution in [2.75, 3.05) is 44.2 Å². The Morgan fingerprint density at radius 3 is 2.47 bits per heavy atom. The summed E-state index contributed by atoms with van der Waals surface area (Å²) in [6, 6.07) is 16.2. The Morgan fingerprint density at radius 1 is 1.00 bits per heavy atom. The van der Waals surface area contributed by atoms with E-state index in [0.29, 0.717) is 24.7 Å². The summed E-state index contributed by atoms with van der Waals surface area (Å²) >= 11 is 0. The number of aromatic nitrogens is 2. The lowest BCUT2D eigenvalue weighted by Crippen LogP contribution is -2.48. The number of rotatable bonds is 9. The first kappa shape index (κ1) is 23.7. The molecule has 1 aliphatic heterocycles. The summed E-state index contributed by atoms with van der Waals surface area (Å²) in [5.41, 5.74) is 4.44. The number of carboxylic acids is 1. The third-order valence-electron chi connectivity index (χ3n) is 6.39. The molecule has 1 fully saturated rings. The smallest absolute Gasteiger partial charge is 0.339 e. The van der Waals surface area contributed by atoms with Crippen molar-refractivity contribution in [1.82, 2.24) is 14.9 Å². The van der Waals surface area contributed by atoms with Gasteiger partial charge in [-0.1, -0.05) is 36.4 Å². The molecule has 1 N–H and O–H groups in total. The van der Waals surface area contributed by atoms with Crippen molar-refractivity contribution in [2.24, 2.45) is 0 Å². The first-order valence-corrected chi connectivity index (χ1v) is 11.8. The lowest BCUT2D eigenvalue weighted by Gasteiger charge is -2.34. The number of carboxylic acid groups (broad SMARTS) is 1. The van der Waals surface area contributed by atoms with Crippen LogP contribution in [-0.4, -0.2) is 65.3 Å². The number of ether oxygens (including phenoxy) is 1. The van der Waals surface area contributed by atoms with Gasteiger partial charge in [0.05, 0.1) is 11.3 Å². The van der Waals surface area contributed by atoms with Gasteiger partial charge in [0.1, 0.15) is 12.4 Å². The molecule has 0 saturated carbocycles. The van der Waals surface area contributed by atoms with Crippen molar-refractivity contribution >= 4 is 11.9 Å². The van der Waals surface area contributed by atoms with Crippen LogP contribution in [0.25, 0.3) is 0 Å². The van der Waals surface area contributed by atoms with Gasteiger partial charge in [-0.2, -0.15) is 0 Å². The number of carbonyl (C=O) groups is 1. The minimum atomic E-state index is -0.983. The highest BCUT2D eigenvalue weighted by atomic mass is 16.5. The maximum atomic E-state index is 11.7. The van der Waals surface area contributed by atoms with Crippen LogP contribution in [0, 0.1) is 13.8 Å². The fourth-order valence-corrected chi connectivity index (χ4v) is 4.10. The maximum absolute atomic E-state index is 11.7. The summed E-state index contributed by atoms with van der Waals surface area (Å²) in [4.78, 5) is 25.2. The van der Waals surface area contributed by atoms with Crippen molar-refractivity contribution in [3.05, 3.63) is 82.7 Å². The number of aryl methyl sites for hydroxylation is 4. The molecular formula is C27H32N4O3. The van der Waals surface area contributed by atoms with E-state index in [2.05, 4.69) is 45.7 Å². The van der Waals surface area contributed by atoms with Gasteiger partial charge in [-0.25, -0.2) is 14.8 Å². The Hall–Kier alpha value is -3.45. The number of nitrogens with zero attached hydrogens (tertiary/aromatic N) is 4. The fourth-order valence-electron chi connectivity index (χ4n) is 4.10. The molecule has 4 rings (SSSR count). The summed E-state index contributed by atoms with van der Waals surface area (Å²) < 4.78 is 5.94. The third-order valence-corrected chi connectivity index (χ3v) is 6.39. The Bertz CT molecular complexity index is 1110. The molecule has 7 heteroatoms. The lowest BCUT2D eigenvalue weighted by molar-refractivity contribution is 0.0694. The molecule has 0 aliphatic carbocycles. The van der Waals surface area contributed by atoms with E-state index >= 15 is 0 Å². The molecule has 1 aromatic heterocycles. The molecule has 34 heavy (non-hydrogen) atoms. The molecule has 2 aromatic carbocycles. The zero-order chi connectivity index (χ0) is 23.9. The van der Waals surface area contributed by atoms with E-state index < -0.39 is 5.97 Å². The first-order chi connectivity index (χ1) is 16.5. The first-order valence-electron chi connectivity index (χ1n) is 11.8. The highest BCUT2D eigenvalue weighted by Crippen LogP contribution is 2.18. The highest BCUT2D eigenvalue weighted by molar-refractivity contribution is 5.88. The van der Waals surface area contributed by atoms with Gasteiger partial charge in [0.15, 0.2) is 0 Å². The Morgan fingerprint density at radius 2 is 1.76 bits per heavy atom. The summed E-state index contributed by atoms with van der Waals surface area (Å²) in [6.07, 6.45) is 2.76. The summed E-state index contributed by atoms with van der Waals surface area (Å²) in [5, 5.41) is 9.58. The van der Waals surface area contributed by atoms with Crippen LogP contribution < -0.4 is 9.64 Å². The molecule has 178 valence electrons. The third kappa shape index (κ3) is 6.11. The average molecular weight is 461 g/mol. The van der Waals surface area contributed by atoms with Crippen molar-refractivity contribution in [3.63, 3.8) is 0 Å². The molecular weight excluding hydrogens is 428 g/mol. The molecule has 7 nitrogen and oxygen atoms in total. The SMILES string of the molecule is Cc1ccc(OCCN2CCN(c3ncc(C(=O)O)c(CCc4ccccc4)n3)CC2)cc1C. The van der Waals surface area contributed by atoms with Crippen molar-refractivity contribution < 1.29 is 14.6 Å². The van der Waals surface area contributed by atoms with Gasteiger partial charge in [-0.05, 0) is 55.5 Å². The predicted molar refractivity (Wildman–Crippen MR) is 133 cm³/mol. The van der Waals surface area contributed by atoms with Gasteiger partial charge in [0.2, 0.25) is 5.95 Å². The lowest BCUT2D eigenvalue weighted by atomic mass is 10.1. The zero-order valence-electron chi connectivity index (χ0n) is 19.9. The van der Waals surface area contributed by atoms with Gasteiger partial charge in [0, 0.05) is 38.9 Å². The molecule has 0 bridgehead atoms. The van der Waals surface area contributed by atoms with E-state index in [1.54, 1.807) is 0 Å². The standard InChI is InChI=1S/C27H32N4O3/c1-20-8-10-23(18-21(20)2)34-17-16-30-12-14-31(15-13-30)27-28-19-24(26(32)33)25(29-27)11-9-22-6-4-3-5-7-22/h3-8,10,18-19H,9,11-17H2,1-2H3,(H,32,33). The van der Waals surface area contributed by atoms with Crippen molar-refractivity contribution in [1.29, 1.82) is 0 Å². The molecule has 0 spiro atoms. The van der Waals surface area contributed by atoms with Gasteiger partial charge >= 0.3 is 5.97 Å². The number of hydrogen-bond acceptors (Lipinski definition) is 6. The van der Waals surface area contributed by atoms with Crippen LogP contribution in [0.4, 0.5) is 5.95 Å². The second-order valence-electron chi connectivity index (χ2n) is 8.74. The molecule has 0 atom stereocenters. The highest BCUT2D eigenvalue weighted by Gasteiger charge is 2.21.